The highest BCUT2D eigenvalue weighted by atomic mass is 16.5. The van der Waals surface area contributed by atoms with E-state index in [0.717, 1.165) is 43.9 Å². The van der Waals surface area contributed by atoms with Gasteiger partial charge in [0.25, 0.3) is 5.91 Å². The van der Waals surface area contributed by atoms with Gasteiger partial charge in [0.05, 0.1) is 6.61 Å². The van der Waals surface area contributed by atoms with Gasteiger partial charge in [0.2, 0.25) is 0 Å². The van der Waals surface area contributed by atoms with Crippen LogP contribution >= 0.6 is 0 Å². The number of nitrogens with one attached hydrogen (secondary N) is 1. The average molecular weight is 351 g/mol. The van der Waals surface area contributed by atoms with E-state index in [1.807, 2.05) is 31.2 Å². The number of hydrogen-bond acceptors (Lipinski definition) is 4. The SMILES string of the molecule is CCCOC(C)(C)C(=O)Nc1ccc(OCCCN(CC)CC)cc1. The van der Waals surface area contributed by atoms with Gasteiger partial charge in [-0.2, -0.15) is 0 Å². The average Bonchev–Trinajstić information content (AvgIpc) is 2.61. The van der Waals surface area contributed by atoms with E-state index in [1.165, 1.54) is 0 Å². The molecule has 0 saturated carbocycles. The Balaban J connectivity index is 2.42. The third-order valence-electron chi connectivity index (χ3n) is 4.11. The zero-order valence-electron chi connectivity index (χ0n) is 16.4. The molecule has 1 N–H and O–H groups in total. The third kappa shape index (κ3) is 7.88. The number of ether oxygens (including phenoxy) is 2. The van der Waals surface area contributed by atoms with Gasteiger partial charge < -0.3 is 19.7 Å². The molecule has 0 heterocycles. The molecule has 5 nitrogen and oxygen atoms in total. The van der Waals surface area contributed by atoms with Crippen molar-refractivity contribution in [1.29, 1.82) is 0 Å². The van der Waals surface area contributed by atoms with Crippen molar-refractivity contribution in [2.24, 2.45) is 0 Å². The summed E-state index contributed by atoms with van der Waals surface area (Å²) in [6, 6.07) is 7.47. The molecule has 0 aromatic heterocycles. The molecule has 1 aromatic rings. The van der Waals surface area contributed by atoms with Crippen molar-refractivity contribution in [1.82, 2.24) is 4.90 Å². The molecule has 1 aromatic carbocycles. The predicted octanol–water partition coefficient (Wildman–Crippen LogP) is 3.94. The van der Waals surface area contributed by atoms with Gasteiger partial charge in [-0.15, -0.1) is 0 Å². The van der Waals surface area contributed by atoms with E-state index in [-0.39, 0.29) is 5.91 Å². The molecule has 0 bridgehead atoms. The van der Waals surface area contributed by atoms with Crippen molar-refractivity contribution in [3.05, 3.63) is 24.3 Å². The topological polar surface area (TPSA) is 50.8 Å². The number of anilines is 1. The van der Waals surface area contributed by atoms with Crippen LogP contribution in [0.1, 0.15) is 47.5 Å². The van der Waals surface area contributed by atoms with Crippen molar-refractivity contribution in [2.75, 3.05) is 38.2 Å². The van der Waals surface area contributed by atoms with Crippen molar-refractivity contribution in [2.45, 2.75) is 53.1 Å². The summed E-state index contributed by atoms with van der Waals surface area (Å²) in [5, 5.41) is 2.89. The fourth-order valence-electron chi connectivity index (χ4n) is 2.36. The Labute approximate surface area is 152 Å². The first-order valence-electron chi connectivity index (χ1n) is 9.33. The smallest absolute Gasteiger partial charge is 0.256 e. The molecule has 142 valence electrons. The summed E-state index contributed by atoms with van der Waals surface area (Å²) in [5.74, 6) is 0.674. The quantitative estimate of drug-likeness (QED) is 0.580. The molecule has 5 heteroatoms. The predicted molar refractivity (Wildman–Crippen MR) is 103 cm³/mol. The van der Waals surface area contributed by atoms with Crippen LogP contribution < -0.4 is 10.1 Å². The van der Waals surface area contributed by atoms with Crippen LogP contribution in [0.2, 0.25) is 0 Å². The summed E-state index contributed by atoms with van der Waals surface area (Å²) in [6.07, 6.45) is 1.89. The summed E-state index contributed by atoms with van der Waals surface area (Å²) in [6.45, 7) is 14.4. The molecule has 0 aliphatic heterocycles. The third-order valence-corrected chi connectivity index (χ3v) is 4.11. The molecule has 1 amide bonds. The van der Waals surface area contributed by atoms with E-state index in [1.54, 1.807) is 13.8 Å². The minimum atomic E-state index is -0.838. The summed E-state index contributed by atoms with van der Waals surface area (Å²) >= 11 is 0. The maximum atomic E-state index is 12.3. The molecular weight excluding hydrogens is 316 g/mol. The van der Waals surface area contributed by atoms with Gasteiger partial charge in [0, 0.05) is 18.8 Å². The van der Waals surface area contributed by atoms with Gasteiger partial charge in [-0.3, -0.25) is 4.79 Å². The lowest BCUT2D eigenvalue weighted by Gasteiger charge is -2.24. The fraction of sp³-hybridized carbons (Fsp3) is 0.650. The highest BCUT2D eigenvalue weighted by Crippen LogP contribution is 2.18. The Morgan fingerprint density at radius 3 is 2.28 bits per heavy atom. The maximum Gasteiger partial charge on any atom is 0.256 e. The number of rotatable bonds is 12. The maximum absolute atomic E-state index is 12.3. The minimum Gasteiger partial charge on any atom is -0.494 e. The first-order chi connectivity index (χ1) is 11.9. The summed E-state index contributed by atoms with van der Waals surface area (Å²) in [7, 11) is 0. The molecule has 0 radical (unpaired) electrons. The van der Waals surface area contributed by atoms with Crippen LogP contribution in [0, 0.1) is 0 Å². The highest BCUT2D eigenvalue weighted by Gasteiger charge is 2.28. The number of nitrogens with zero attached hydrogens (tertiary/aromatic N) is 1. The first-order valence-corrected chi connectivity index (χ1v) is 9.33. The largest absolute Gasteiger partial charge is 0.494 e. The molecule has 0 spiro atoms. The van der Waals surface area contributed by atoms with E-state index in [0.29, 0.717) is 13.2 Å². The summed E-state index contributed by atoms with van der Waals surface area (Å²) in [4.78, 5) is 14.7. The van der Waals surface area contributed by atoms with E-state index in [9.17, 15) is 4.79 Å². The fourth-order valence-corrected chi connectivity index (χ4v) is 2.36. The van der Waals surface area contributed by atoms with Crippen LogP contribution in [0.5, 0.6) is 5.75 Å². The van der Waals surface area contributed by atoms with Gasteiger partial charge in [0.15, 0.2) is 0 Å². The Morgan fingerprint density at radius 2 is 1.72 bits per heavy atom. The summed E-state index contributed by atoms with van der Waals surface area (Å²) < 4.78 is 11.4. The monoisotopic (exact) mass is 350 g/mol. The normalized spacial score (nSPS) is 11.6. The van der Waals surface area contributed by atoms with Crippen molar-refractivity contribution in [3.8, 4) is 5.75 Å². The summed E-state index contributed by atoms with van der Waals surface area (Å²) in [5.41, 5.74) is -0.0936. The second-order valence-electron chi connectivity index (χ2n) is 6.57. The molecule has 0 unspecified atom stereocenters. The standard InChI is InChI=1S/C20H34N2O3/c1-6-15-25-20(4,5)19(23)21-17-10-12-18(13-11-17)24-16-9-14-22(7-2)8-3/h10-13H,6-9,14-16H2,1-5H3,(H,21,23). The number of benzene rings is 1. The van der Waals surface area contributed by atoms with Gasteiger partial charge in [-0.05, 0) is 64.0 Å². The van der Waals surface area contributed by atoms with Crippen LogP contribution in [0.15, 0.2) is 24.3 Å². The van der Waals surface area contributed by atoms with Crippen molar-refractivity contribution in [3.63, 3.8) is 0 Å². The molecule has 0 aliphatic rings. The highest BCUT2D eigenvalue weighted by molar-refractivity contribution is 5.96. The second-order valence-corrected chi connectivity index (χ2v) is 6.57. The number of carbonyl (C=O) groups is 1. The van der Waals surface area contributed by atoms with Crippen LogP contribution in [0.3, 0.4) is 0 Å². The van der Waals surface area contributed by atoms with Crippen LogP contribution in [-0.2, 0) is 9.53 Å². The van der Waals surface area contributed by atoms with Crippen molar-refractivity contribution >= 4 is 11.6 Å². The van der Waals surface area contributed by atoms with Crippen molar-refractivity contribution < 1.29 is 14.3 Å². The van der Waals surface area contributed by atoms with E-state index in [4.69, 9.17) is 9.47 Å². The van der Waals surface area contributed by atoms with Gasteiger partial charge in [-0.25, -0.2) is 0 Å². The minimum absolute atomic E-state index is 0.145. The van der Waals surface area contributed by atoms with E-state index in [2.05, 4.69) is 24.1 Å². The van der Waals surface area contributed by atoms with E-state index < -0.39 is 5.60 Å². The molecule has 0 aliphatic carbocycles. The van der Waals surface area contributed by atoms with Gasteiger partial charge >= 0.3 is 0 Å². The number of carbonyl (C=O) groups excluding carboxylic acids is 1. The zero-order chi connectivity index (χ0) is 18.7. The molecule has 25 heavy (non-hydrogen) atoms. The zero-order valence-corrected chi connectivity index (χ0v) is 16.4. The Morgan fingerprint density at radius 1 is 1.08 bits per heavy atom. The molecular formula is C20H34N2O3. The Bertz CT molecular complexity index is 496. The second kappa shape index (κ2) is 11.1. The lowest BCUT2D eigenvalue weighted by atomic mass is 10.1. The number of hydrogen-bond donors (Lipinski definition) is 1. The molecule has 0 fully saturated rings. The lowest BCUT2D eigenvalue weighted by molar-refractivity contribution is -0.137. The molecule has 1 rings (SSSR count). The Hall–Kier alpha value is -1.59. The number of amides is 1. The van der Waals surface area contributed by atoms with Crippen LogP contribution in [0.25, 0.3) is 0 Å². The van der Waals surface area contributed by atoms with Crippen LogP contribution in [-0.4, -0.2) is 49.3 Å². The van der Waals surface area contributed by atoms with Gasteiger partial charge in [0.1, 0.15) is 11.4 Å². The van der Waals surface area contributed by atoms with Crippen LogP contribution in [0.4, 0.5) is 5.69 Å². The van der Waals surface area contributed by atoms with Gasteiger partial charge in [-0.1, -0.05) is 20.8 Å². The Kier molecular flexibility index (Phi) is 9.53. The molecule has 0 saturated heterocycles. The van der Waals surface area contributed by atoms with E-state index >= 15 is 0 Å². The lowest BCUT2D eigenvalue weighted by Crippen LogP contribution is -2.40. The molecule has 0 atom stereocenters. The first kappa shape index (κ1) is 21.5.